The lowest BCUT2D eigenvalue weighted by molar-refractivity contribution is -0.121. The minimum Gasteiger partial charge on any atom is -0.356 e. The Balaban J connectivity index is 1.98. The third-order valence-corrected chi connectivity index (χ3v) is 6.23. The van der Waals surface area contributed by atoms with E-state index >= 15 is 0 Å². The van der Waals surface area contributed by atoms with E-state index in [1.165, 1.54) is 0 Å². The minimum atomic E-state index is -0.493. The van der Waals surface area contributed by atoms with Gasteiger partial charge in [-0.1, -0.05) is 23.7 Å². The molecule has 0 fully saturated rings. The third-order valence-electron chi connectivity index (χ3n) is 4.98. The molecule has 6 nitrogen and oxygen atoms in total. The molecular weight excluding hydrogens is 420 g/mol. The average Bonchev–Trinajstić information content (AvgIpc) is 3.04. The number of aliphatic imine (C=N–C) groups is 1. The number of carbonyl (C=O) groups is 1. The number of hydrogen-bond acceptors (Lipinski definition) is 5. The van der Waals surface area contributed by atoms with Gasteiger partial charge in [-0.15, -0.1) is 11.3 Å². The standard InChI is InChI=1S/C22H21ClN4O2S/c1-4-24-18(28)10-17-15-9-19(29)27(3)11-16(15)22-21(25-12(2)30-22)20(26-17)13-5-7-14(23)8-6-13/h5-9,11,17H,4,10H2,1-3H3,(H,24,28)/t17-/m1/s1. The van der Waals surface area contributed by atoms with Crippen molar-refractivity contribution in [1.82, 2.24) is 14.9 Å². The first-order valence-corrected chi connectivity index (χ1v) is 10.9. The van der Waals surface area contributed by atoms with Crippen molar-refractivity contribution in [2.24, 2.45) is 12.0 Å². The first-order valence-electron chi connectivity index (χ1n) is 9.66. The van der Waals surface area contributed by atoms with Crippen molar-refractivity contribution in [2.75, 3.05) is 6.54 Å². The number of hydrogen-bond donors (Lipinski definition) is 1. The van der Waals surface area contributed by atoms with Crippen LogP contribution in [0.2, 0.25) is 5.02 Å². The van der Waals surface area contributed by atoms with Crippen molar-refractivity contribution >= 4 is 34.6 Å². The average molecular weight is 441 g/mol. The minimum absolute atomic E-state index is 0.109. The molecule has 3 heterocycles. The summed E-state index contributed by atoms with van der Waals surface area (Å²) in [7, 11) is 1.72. The Morgan fingerprint density at radius 3 is 2.73 bits per heavy atom. The second-order valence-corrected chi connectivity index (χ2v) is 8.80. The molecule has 154 valence electrons. The number of aryl methyl sites for hydroxylation is 2. The van der Waals surface area contributed by atoms with Gasteiger partial charge in [0.25, 0.3) is 5.56 Å². The van der Waals surface area contributed by atoms with Crippen molar-refractivity contribution in [2.45, 2.75) is 26.3 Å². The summed E-state index contributed by atoms with van der Waals surface area (Å²) >= 11 is 7.64. The van der Waals surface area contributed by atoms with Gasteiger partial charge in [-0.05, 0) is 31.5 Å². The second-order valence-electron chi connectivity index (χ2n) is 7.16. The molecule has 0 aliphatic carbocycles. The Hall–Kier alpha value is -2.77. The molecule has 30 heavy (non-hydrogen) atoms. The first kappa shape index (κ1) is 20.5. The van der Waals surface area contributed by atoms with Crippen molar-refractivity contribution in [3.63, 3.8) is 0 Å². The summed E-state index contributed by atoms with van der Waals surface area (Å²) < 4.78 is 1.55. The molecule has 0 saturated carbocycles. The zero-order valence-corrected chi connectivity index (χ0v) is 18.5. The van der Waals surface area contributed by atoms with Crippen molar-refractivity contribution < 1.29 is 4.79 Å². The predicted octanol–water partition coefficient (Wildman–Crippen LogP) is 3.89. The molecule has 1 amide bonds. The van der Waals surface area contributed by atoms with E-state index in [1.807, 2.05) is 44.3 Å². The Morgan fingerprint density at radius 1 is 1.30 bits per heavy atom. The van der Waals surface area contributed by atoms with Gasteiger partial charge in [-0.2, -0.15) is 0 Å². The Labute approximate surface area is 183 Å². The number of nitrogens with one attached hydrogen (secondary N) is 1. The van der Waals surface area contributed by atoms with Crippen LogP contribution in [0.4, 0.5) is 0 Å². The van der Waals surface area contributed by atoms with Crippen molar-refractivity contribution in [3.8, 4) is 10.4 Å². The summed E-state index contributed by atoms with van der Waals surface area (Å²) in [6.45, 7) is 4.37. The van der Waals surface area contributed by atoms with Crippen LogP contribution < -0.4 is 10.9 Å². The number of fused-ring (bicyclic) bond motifs is 3. The monoisotopic (exact) mass is 440 g/mol. The summed E-state index contributed by atoms with van der Waals surface area (Å²) in [6, 6.07) is 8.52. The van der Waals surface area contributed by atoms with E-state index in [-0.39, 0.29) is 17.9 Å². The zero-order chi connectivity index (χ0) is 21.4. The van der Waals surface area contributed by atoms with Crippen LogP contribution in [-0.4, -0.2) is 27.7 Å². The largest absolute Gasteiger partial charge is 0.356 e. The van der Waals surface area contributed by atoms with Gasteiger partial charge in [0.05, 0.1) is 28.1 Å². The van der Waals surface area contributed by atoms with Gasteiger partial charge < -0.3 is 9.88 Å². The Bertz CT molecular complexity index is 1210. The fourth-order valence-electron chi connectivity index (χ4n) is 3.59. The van der Waals surface area contributed by atoms with E-state index in [9.17, 15) is 9.59 Å². The number of benzene rings is 1. The van der Waals surface area contributed by atoms with E-state index in [0.717, 1.165) is 32.3 Å². The molecule has 1 N–H and O–H groups in total. The van der Waals surface area contributed by atoms with Gasteiger partial charge in [-0.25, -0.2) is 4.98 Å². The SMILES string of the molecule is CCNC(=O)C[C@H]1N=C(c2ccc(Cl)cc2)c2nc(C)sc2-c2cn(C)c(=O)cc21. The highest BCUT2D eigenvalue weighted by Gasteiger charge is 2.29. The second kappa shape index (κ2) is 8.16. The van der Waals surface area contributed by atoms with Crippen LogP contribution in [0.25, 0.3) is 10.4 Å². The topological polar surface area (TPSA) is 76.3 Å². The van der Waals surface area contributed by atoms with Crippen LogP contribution >= 0.6 is 22.9 Å². The van der Waals surface area contributed by atoms with Crippen LogP contribution in [0.5, 0.6) is 0 Å². The van der Waals surface area contributed by atoms with E-state index in [2.05, 4.69) is 5.32 Å². The fraction of sp³-hybridized carbons (Fsp3) is 0.273. The molecule has 3 aromatic rings. The molecule has 2 aromatic heterocycles. The van der Waals surface area contributed by atoms with E-state index < -0.39 is 6.04 Å². The molecule has 1 aliphatic rings. The normalized spacial score (nSPS) is 15.1. The number of amides is 1. The number of nitrogens with zero attached hydrogens (tertiary/aromatic N) is 3. The lowest BCUT2D eigenvalue weighted by atomic mass is 9.99. The molecule has 0 radical (unpaired) electrons. The fourth-order valence-corrected chi connectivity index (χ4v) is 4.66. The smallest absolute Gasteiger partial charge is 0.250 e. The maximum atomic E-state index is 12.5. The van der Waals surface area contributed by atoms with Crippen molar-refractivity contribution in [1.29, 1.82) is 0 Å². The molecule has 0 spiro atoms. The van der Waals surface area contributed by atoms with Crippen LogP contribution in [0.1, 0.15) is 41.2 Å². The van der Waals surface area contributed by atoms with Crippen LogP contribution in [0.15, 0.2) is 46.3 Å². The van der Waals surface area contributed by atoms with Crippen LogP contribution in [0.3, 0.4) is 0 Å². The van der Waals surface area contributed by atoms with E-state index in [4.69, 9.17) is 21.6 Å². The van der Waals surface area contributed by atoms with E-state index in [0.29, 0.717) is 17.3 Å². The number of aromatic nitrogens is 2. The van der Waals surface area contributed by atoms with E-state index in [1.54, 1.807) is 29.0 Å². The molecule has 8 heteroatoms. The van der Waals surface area contributed by atoms with Gasteiger partial charge in [-0.3, -0.25) is 14.6 Å². The molecule has 0 unspecified atom stereocenters. The number of rotatable bonds is 4. The first-order chi connectivity index (χ1) is 14.4. The molecule has 0 bridgehead atoms. The van der Waals surface area contributed by atoms with Gasteiger partial charge in [0.2, 0.25) is 5.91 Å². The highest BCUT2D eigenvalue weighted by Crippen LogP contribution is 2.41. The molecule has 1 aromatic carbocycles. The maximum absolute atomic E-state index is 12.5. The summed E-state index contributed by atoms with van der Waals surface area (Å²) in [4.78, 5) is 35.6. The zero-order valence-electron chi connectivity index (χ0n) is 16.9. The summed E-state index contributed by atoms with van der Waals surface area (Å²) in [5.74, 6) is -0.109. The number of halogens is 1. The lowest BCUT2D eigenvalue weighted by Crippen LogP contribution is -2.25. The summed E-state index contributed by atoms with van der Waals surface area (Å²) in [6.07, 6.45) is 1.97. The predicted molar refractivity (Wildman–Crippen MR) is 121 cm³/mol. The highest BCUT2D eigenvalue weighted by molar-refractivity contribution is 7.15. The van der Waals surface area contributed by atoms with Gasteiger partial charge in [0.15, 0.2) is 0 Å². The highest BCUT2D eigenvalue weighted by atomic mass is 35.5. The number of carbonyl (C=O) groups excluding carboxylic acids is 1. The third kappa shape index (κ3) is 3.82. The quantitative estimate of drug-likeness (QED) is 0.668. The van der Waals surface area contributed by atoms with Crippen molar-refractivity contribution in [3.05, 3.63) is 73.7 Å². The maximum Gasteiger partial charge on any atom is 0.250 e. The Morgan fingerprint density at radius 2 is 2.03 bits per heavy atom. The van der Waals surface area contributed by atoms with Gasteiger partial charge in [0, 0.05) is 42.0 Å². The van der Waals surface area contributed by atoms with Gasteiger partial charge in [0.1, 0.15) is 5.69 Å². The van der Waals surface area contributed by atoms with Crippen LogP contribution in [0, 0.1) is 6.92 Å². The number of thiazole rings is 1. The van der Waals surface area contributed by atoms with Gasteiger partial charge >= 0.3 is 0 Å². The molecule has 1 aliphatic heterocycles. The summed E-state index contributed by atoms with van der Waals surface area (Å²) in [5.41, 5.74) is 3.83. The molecule has 4 rings (SSSR count). The lowest BCUT2D eigenvalue weighted by Gasteiger charge is -2.16. The molecular formula is C22H21ClN4O2S. The Kier molecular flexibility index (Phi) is 5.58. The molecule has 1 atom stereocenters. The number of pyridine rings is 1. The molecule has 0 saturated heterocycles. The van der Waals surface area contributed by atoms with Crippen LogP contribution in [-0.2, 0) is 11.8 Å². The summed E-state index contributed by atoms with van der Waals surface area (Å²) in [5, 5.41) is 4.37.